The molecule has 6 nitrogen and oxygen atoms in total. The summed E-state index contributed by atoms with van der Waals surface area (Å²) >= 11 is 5.98. The summed E-state index contributed by atoms with van der Waals surface area (Å²) in [5.74, 6) is 5.19. The minimum absolute atomic E-state index is 0.193. The monoisotopic (exact) mass is 277 g/mol. The maximum Gasteiger partial charge on any atom is 0.276 e. The van der Waals surface area contributed by atoms with Gasteiger partial charge in [0.1, 0.15) is 0 Å². The third kappa shape index (κ3) is 2.98. The molecule has 0 atom stereocenters. The second-order valence-electron chi connectivity index (χ2n) is 3.81. The fourth-order valence-electron chi connectivity index (χ4n) is 1.46. The third-order valence-corrected chi connectivity index (χ3v) is 2.97. The number of nitrogens with two attached hydrogens (primary N) is 1. The fourth-order valence-corrected chi connectivity index (χ4v) is 1.63. The van der Waals surface area contributed by atoms with Gasteiger partial charge in [0, 0.05) is 10.7 Å². The lowest BCUT2D eigenvalue weighted by molar-refractivity contribution is 0.102. The van der Waals surface area contributed by atoms with E-state index in [4.69, 9.17) is 17.4 Å². The van der Waals surface area contributed by atoms with Crippen molar-refractivity contribution in [2.24, 2.45) is 5.84 Å². The van der Waals surface area contributed by atoms with Crippen LogP contribution in [-0.4, -0.2) is 16.1 Å². The van der Waals surface area contributed by atoms with E-state index in [-0.39, 0.29) is 11.6 Å². The van der Waals surface area contributed by atoms with Gasteiger partial charge in [-0.25, -0.2) is 5.84 Å². The van der Waals surface area contributed by atoms with Crippen LogP contribution in [0.4, 0.5) is 11.5 Å². The van der Waals surface area contributed by atoms with Gasteiger partial charge in [-0.3, -0.25) is 4.79 Å². The Morgan fingerprint density at radius 3 is 2.68 bits per heavy atom. The van der Waals surface area contributed by atoms with Crippen LogP contribution in [0.15, 0.2) is 30.3 Å². The molecule has 7 heteroatoms. The van der Waals surface area contributed by atoms with Gasteiger partial charge in [-0.1, -0.05) is 17.7 Å². The molecule has 1 amide bonds. The molecule has 1 aromatic carbocycles. The summed E-state index contributed by atoms with van der Waals surface area (Å²) in [6.07, 6.45) is 0. The fraction of sp³-hybridized carbons (Fsp3) is 0.0833. The van der Waals surface area contributed by atoms with E-state index in [2.05, 4.69) is 20.9 Å². The van der Waals surface area contributed by atoms with E-state index in [0.717, 1.165) is 5.56 Å². The average Bonchev–Trinajstić information content (AvgIpc) is 2.44. The van der Waals surface area contributed by atoms with Crippen LogP contribution >= 0.6 is 11.6 Å². The Balaban J connectivity index is 2.18. The zero-order chi connectivity index (χ0) is 13.8. The summed E-state index contributed by atoms with van der Waals surface area (Å²) in [4.78, 5) is 12.0. The van der Waals surface area contributed by atoms with E-state index in [1.165, 1.54) is 6.07 Å². The smallest absolute Gasteiger partial charge is 0.276 e. The molecule has 19 heavy (non-hydrogen) atoms. The highest BCUT2D eigenvalue weighted by molar-refractivity contribution is 6.31. The van der Waals surface area contributed by atoms with Gasteiger partial charge in [-0.05, 0) is 36.8 Å². The number of hydrogen-bond acceptors (Lipinski definition) is 5. The molecule has 98 valence electrons. The first-order chi connectivity index (χ1) is 9.11. The Kier molecular flexibility index (Phi) is 3.94. The van der Waals surface area contributed by atoms with Crippen molar-refractivity contribution in [3.05, 3.63) is 46.6 Å². The highest BCUT2D eigenvalue weighted by Crippen LogP contribution is 2.23. The number of hydrogen-bond donors (Lipinski definition) is 3. The van der Waals surface area contributed by atoms with E-state index < -0.39 is 0 Å². The average molecular weight is 278 g/mol. The van der Waals surface area contributed by atoms with Crippen molar-refractivity contribution >= 4 is 29.0 Å². The molecule has 0 fully saturated rings. The number of amides is 1. The molecule has 2 rings (SSSR count). The first-order valence-electron chi connectivity index (χ1n) is 5.48. The second-order valence-corrected chi connectivity index (χ2v) is 4.22. The molecule has 0 bridgehead atoms. The first kappa shape index (κ1) is 13.3. The standard InChI is InChI=1S/C12H12ClN5O/c1-7-8(13)3-2-4-9(7)15-12(19)10-5-6-11(16-14)18-17-10/h2-6H,14H2,1H3,(H,15,19)(H,16,18). The molecule has 0 aliphatic heterocycles. The molecule has 0 unspecified atom stereocenters. The van der Waals surface area contributed by atoms with Crippen LogP contribution in [0.5, 0.6) is 0 Å². The first-order valence-corrected chi connectivity index (χ1v) is 5.86. The number of halogens is 1. The Bertz CT molecular complexity index is 600. The van der Waals surface area contributed by atoms with Gasteiger partial charge in [-0.2, -0.15) is 0 Å². The number of aromatic nitrogens is 2. The number of nitrogens with one attached hydrogen (secondary N) is 2. The molecule has 4 N–H and O–H groups in total. The normalized spacial score (nSPS) is 10.1. The molecule has 1 heterocycles. The SMILES string of the molecule is Cc1c(Cl)cccc1NC(=O)c1ccc(NN)nn1. The van der Waals surface area contributed by atoms with E-state index >= 15 is 0 Å². The molecule has 0 saturated heterocycles. The third-order valence-electron chi connectivity index (χ3n) is 2.56. The highest BCUT2D eigenvalue weighted by atomic mass is 35.5. The summed E-state index contributed by atoms with van der Waals surface area (Å²) < 4.78 is 0. The zero-order valence-electron chi connectivity index (χ0n) is 10.1. The second kappa shape index (κ2) is 5.64. The van der Waals surface area contributed by atoms with Crippen molar-refractivity contribution in [1.82, 2.24) is 10.2 Å². The lowest BCUT2D eigenvalue weighted by Crippen LogP contribution is -2.16. The predicted molar refractivity (Wildman–Crippen MR) is 74.0 cm³/mol. The van der Waals surface area contributed by atoms with Crippen molar-refractivity contribution < 1.29 is 4.79 Å². The van der Waals surface area contributed by atoms with Crippen molar-refractivity contribution in [2.45, 2.75) is 6.92 Å². The van der Waals surface area contributed by atoms with Gasteiger partial charge in [0.05, 0.1) is 0 Å². The Morgan fingerprint density at radius 2 is 2.05 bits per heavy atom. The zero-order valence-corrected chi connectivity index (χ0v) is 10.9. The molecule has 1 aromatic heterocycles. The molecule has 0 saturated carbocycles. The maximum absolute atomic E-state index is 12.0. The molecule has 0 aliphatic carbocycles. The van der Waals surface area contributed by atoms with E-state index in [9.17, 15) is 4.79 Å². The topological polar surface area (TPSA) is 92.9 Å². The molecule has 2 aromatic rings. The molecule has 0 spiro atoms. The van der Waals surface area contributed by atoms with E-state index in [1.54, 1.807) is 24.3 Å². The van der Waals surface area contributed by atoms with Gasteiger partial charge in [0.25, 0.3) is 5.91 Å². The maximum atomic E-state index is 12.0. The van der Waals surface area contributed by atoms with Crippen LogP contribution in [-0.2, 0) is 0 Å². The summed E-state index contributed by atoms with van der Waals surface area (Å²) in [7, 11) is 0. The number of benzene rings is 1. The van der Waals surface area contributed by atoms with Crippen LogP contribution in [0, 0.1) is 6.92 Å². The van der Waals surface area contributed by atoms with E-state index in [1.807, 2.05) is 6.92 Å². The number of nitrogen functional groups attached to an aromatic ring is 1. The van der Waals surface area contributed by atoms with Crippen LogP contribution in [0.2, 0.25) is 5.02 Å². The summed E-state index contributed by atoms with van der Waals surface area (Å²) in [5, 5.41) is 10.8. The Hall–Kier alpha value is -2.18. The van der Waals surface area contributed by atoms with Gasteiger partial charge in [0.15, 0.2) is 11.5 Å². The molecule has 0 aliphatic rings. The van der Waals surface area contributed by atoms with Crippen molar-refractivity contribution in [3.8, 4) is 0 Å². The number of anilines is 2. The Morgan fingerprint density at radius 1 is 1.26 bits per heavy atom. The van der Waals surface area contributed by atoms with Crippen molar-refractivity contribution in [2.75, 3.05) is 10.7 Å². The summed E-state index contributed by atoms with van der Waals surface area (Å²) in [6, 6.07) is 8.37. The summed E-state index contributed by atoms with van der Waals surface area (Å²) in [6.45, 7) is 1.82. The highest BCUT2D eigenvalue weighted by Gasteiger charge is 2.10. The van der Waals surface area contributed by atoms with Gasteiger partial charge in [-0.15, -0.1) is 10.2 Å². The molecule has 0 radical (unpaired) electrons. The van der Waals surface area contributed by atoms with Crippen LogP contribution in [0.25, 0.3) is 0 Å². The van der Waals surface area contributed by atoms with Crippen molar-refractivity contribution in [1.29, 1.82) is 0 Å². The van der Waals surface area contributed by atoms with Gasteiger partial charge < -0.3 is 10.7 Å². The number of carbonyl (C=O) groups excluding carboxylic acids is 1. The minimum atomic E-state index is -0.360. The van der Waals surface area contributed by atoms with Crippen LogP contribution < -0.4 is 16.6 Å². The lowest BCUT2D eigenvalue weighted by Gasteiger charge is -2.08. The van der Waals surface area contributed by atoms with Crippen LogP contribution in [0.1, 0.15) is 16.1 Å². The number of rotatable bonds is 3. The van der Waals surface area contributed by atoms with Crippen LogP contribution in [0.3, 0.4) is 0 Å². The number of hydrazine groups is 1. The largest absolute Gasteiger partial charge is 0.320 e. The molecular weight excluding hydrogens is 266 g/mol. The quantitative estimate of drug-likeness (QED) is 0.589. The molecular formula is C12H12ClN5O. The number of carbonyl (C=O) groups is 1. The lowest BCUT2D eigenvalue weighted by atomic mass is 10.2. The van der Waals surface area contributed by atoms with E-state index in [0.29, 0.717) is 16.5 Å². The Labute approximate surface area is 115 Å². The van der Waals surface area contributed by atoms with Gasteiger partial charge in [0.2, 0.25) is 0 Å². The van der Waals surface area contributed by atoms with Crippen molar-refractivity contribution in [3.63, 3.8) is 0 Å². The summed E-state index contributed by atoms with van der Waals surface area (Å²) in [5.41, 5.74) is 3.97. The predicted octanol–water partition coefficient (Wildman–Crippen LogP) is 1.98. The van der Waals surface area contributed by atoms with Gasteiger partial charge >= 0.3 is 0 Å². The minimum Gasteiger partial charge on any atom is -0.320 e. The number of nitrogens with zero attached hydrogens (tertiary/aromatic N) is 2.